The summed E-state index contributed by atoms with van der Waals surface area (Å²) in [7, 11) is 2.00. The van der Waals surface area contributed by atoms with Gasteiger partial charge in [-0.05, 0) is 12.6 Å². The van der Waals surface area contributed by atoms with Gasteiger partial charge in [0.2, 0.25) is 0 Å². The van der Waals surface area contributed by atoms with Gasteiger partial charge in [0, 0.05) is 32.6 Å². The van der Waals surface area contributed by atoms with Crippen molar-refractivity contribution in [1.82, 2.24) is 15.1 Å². The number of carbonyl (C=O) groups excluding carboxylic acids is 1. The van der Waals surface area contributed by atoms with Gasteiger partial charge in [0.25, 0.3) is 0 Å². The van der Waals surface area contributed by atoms with Crippen molar-refractivity contribution in [1.29, 1.82) is 0 Å². The third kappa shape index (κ3) is 4.46. The van der Waals surface area contributed by atoms with Crippen LogP contribution in [0.1, 0.15) is 5.56 Å². The van der Waals surface area contributed by atoms with Crippen LogP contribution in [-0.4, -0.2) is 66.2 Å². The van der Waals surface area contributed by atoms with Crippen LogP contribution in [0.5, 0.6) is 0 Å². The number of nitrogens with one attached hydrogen (secondary N) is 1. The van der Waals surface area contributed by atoms with Gasteiger partial charge in [-0.3, -0.25) is 0 Å². The first-order valence-electron chi connectivity index (χ1n) is 7.07. The molecule has 0 unspecified atom stereocenters. The fourth-order valence-corrected chi connectivity index (χ4v) is 2.30. The van der Waals surface area contributed by atoms with Gasteiger partial charge in [-0.15, -0.1) is 0 Å². The van der Waals surface area contributed by atoms with E-state index in [4.69, 9.17) is 0 Å². The van der Waals surface area contributed by atoms with Crippen LogP contribution in [-0.2, 0) is 11.2 Å². The average molecular weight is 309 g/mol. The van der Waals surface area contributed by atoms with Crippen LogP contribution in [0.2, 0.25) is 0 Å². The lowest BCUT2D eigenvalue weighted by molar-refractivity contribution is -0.139. The van der Waals surface area contributed by atoms with Gasteiger partial charge in [0.15, 0.2) is 0 Å². The summed E-state index contributed by atoms with van der Waals surface area (Å²) in [5.74, 6) is -1.01. The Kier molecular flexibility index (Phi) is 5.16. The van der Waals surface area contributed by atoms with Crippen molar-refractivity contribution in [3.63, 3.8) is 0 Å². The van der Waals surface area contributed by atoms with Crippen LogP contribution in [0.3, 0.4) is 0 Å². The zero-order valence-electron chi connectivity index (χ0n) is 12.2. The molecule has 21 heavy (non-hydrogen) atoms. The minimum absolute atomic E-state index is 0.287. The molecule has 1 aromatic rings. The monoisotopic (exact) mass is 309 g/mol. The molecule has 0 radical (unpaired) electrons. The van der Waals surface area contributed by atoms with Gasteiger partial charge in [0.05, 0.1) is 0 Å². The summed E-state index contributed by atoms with van der Waals surface area (Å²) >= 11 is 0. The second-order valence-electron chi connectivity index (χ2n) is 5.32. The van der Waals surface area contributed by atoms with Crippen molar-refractivity contribution in [2.45, 2.75) is 12.5 Å². The maximum atomic E-state index is 12.1. The molecule has 1 saturated heterocycles. The predicted molar refractivity (Wildman–Crippen MR) is 79.2 cm³/mol. The average Bonchev–Trinajstić information content (AvgIpc) is 2.48. The van der Waals surface area contributed by atoms with E-state index in [1.807, 2.05) is 37.4 Å². The van der Waals surface area contributed by atoms with E-state index in [-0.39, 0.29) is 12.5 Å². The Balaban J connectivity index is 1.93. The summed E-state index contributed by atoms with van der Waals surface area (Å²) < 4.78 is 0. The zero-order chi connectivity index (χ0) is 15.2. The molecule has 2 N–H and O–H groups in total. The molecule has 0 saturated carbocycles. The molecule has 0 spiro atoms. The van der Waals surface area contributed by atoms with Crippen LogP contribution >= 0.6 is 0 Å². The SMILES string of the molecule is CN1CCN(C(=O)N[14C@@H]([14CH2][14c]2[14cH][14cH][14cH][14cH][14cH]2)[14C](=O)O)CC1. The first kappa shape index (κ1) is 15.3. The Morgan fingerprint density at radius 2 is 1.90 bits per heavy atom. The van der Waals surface area contributed by atoms with Gasteiger partial charge in [0.1, 0.15) is 6.04 Å². The highest BCUT2D eigenvalue weighted by molar-refractivity contribution is 5.82. The molecule has 6 nitrogen and oxygen atoms in total. The summed E-state index contributed by atoms with van der Waals surface area (Å²) in [6.07, 6.45) is 0.287. The summed E-state index contributed by atoms with van der Waals surface area (Å²) in [6.45, 7) is 2.87. The Morgan fingerprint density at radius 1 is 1.29 bits per heavy atom. The number of aliphatic carboxylic acids is 1. The maximum Gasteiger partial charge on any atom is 0.326 e. The Bertz CT molecular complexity index is 484. The van der Waals surface area contributed by atoms with Gasteiger partial charge in [-0.2, -0.15) is 0 Å². The van der Waals surface area contributed by atoms with Crippen LogP contribution < -0.4 is 5.32 Å². The van der Waals surface area contributed by atoms with Crippen molar-refractivity contribution in [2.24, 2.45) is 0 Å². The van der Waals surface area contributed by atoms with E-state index in [0.717, 1.165) is 18.7 Å². The lowest BCUT2D eigenvalue weighted by Crippen LogP contribution is -2.54. The van der Waals surface area contributed by atoms with Gasteiger partial charge in [-0.1, -0.05) is 30.3 Å². The van der Waals surface area contributed by atoms with E-state index >= 15 is 0 Å². The standard InChI is InChI=1S/C15H21N3O3/c1-17-7-9-18(10-8-17)15(21)16-13(14(19)20)11-12-5-3-2-4-6-12/h2-6,13H,7-11H2,1H3,(H,16,21)(H,19,20)/t13-/m0/s1/i2+2,3+2,4+2,5+2,6+2,11+2,12+2,13+2,14+2. The summed E-state index contributed by atoms with van der Waals surface area (Å²) in [5.41, 5.74) is 0.892. The molecule has 1 heterocycles. The van der Waals surface area contributed by atoms with E-state index in [1.54, 1.807) is 4.90 Å². The van der Waals surface area contributed by atoms with E-state index in [2.05, 4.69) is 10.2 Å². The summed E-state index contributed by atoms with van der Waals surface area (Å²) in [5, 5.41) is 11.9. The van der Waals surface area contributed by atoms with Gasteiger partial charge in [-0.25, -0.2) is 9.59 Å². The number of hydrogen-bond donors (Lipinski definition) is 2. The van der Waals surface area contributed by atoms with Crippen LogP contribution in [0.15, 0.2) is 30.3 Å². The van der Waals surface area contributed by atoms with Crippen molar-refractivity contribution >= 4 is 12.0 Å². The fraction of sp³-hybridized carbons (Fsp3) is 0.467. The molecule has 1 aliphatic rings. The molecular formula is C15H21N3O3. The second-order valence-corrected chi connectivity index (χ2v) is 5.32. The Labute approximate surface area is 124 Å². The third-order valence-electron chi connectivity index (χ3n) is 3.67. The molecule has 0 aliphatic carbocycles. The minimum Gasteiger partial charge on any atom is -0.480 e. The number of nitrogens with zero attached hydrogens (tertiary/aromatic N) is 2. The Hall–Kier alpha value is -2.08. The molecule has 1 fully saturated rings. The second kappa shape index (κ2) is 7.08. The van der Waals surface area contributed by atoms with Crippen LogP contribution in [0.25, 0.3) is 0 Å². The number of piperazine rings is 1. The van der Waals surface area contributed by atoms with E-state index in [9.17, 15) is 14.7 Å². The van der Waals surface area contributed by atoms with Crippen molar-refractivity contribution in [3.8, 4) is 0 Å². The number of carbonyl (C=O) groups is 2. The smallest absolute Gasteiger partial charge is 0.326 e. The molecule has 1 atom stereocenters. The zero-order valence-corrected chi connectivity index (χ0v) is 12.2. The number of rotatable bonds is 4. The normalized spacial score (nSPS) is 17.3. The highest BCUT2D eigenvalue weighted by atomic mass is 16.7. The number of likely N-dealkylation sites (N-methyl/N-ethyl adjacent to an activating group) is 1. The van der Waals surface area contributed by atoms with Crippen molar-refractivity contribution in [3.05, 3.63) is 35.9 Å². The highest BCUT2D eigenvalue weighted by Gasteiger charge is 2.25. The number of carboxylic acids is 1. The first-order valence-corrected chi connectivity index (χ1v) is 7.07. The Morgan fingerprint density at radius 3 is 2.48 bits per heavy atom. The van der Waals surface area contributed by atoms with E-state index in [0.29, 0.717) is 13.1 Å². The molecule has 2 amide bonds. The number of urea groups is 1. The topological polar surface area (TPSA) is 72.9 Å². The molecule has 0 bridgehead atoms. The molecule has 6 heteroatoms. The summed E-state index contributed by atoms with van der Waals surface area (Å²) in [6, 6.07) is 8.11. The van der Waals surface area contributed by atoms with Crippen molar-refractivity contribution in [2.75, 3.05) is 33.2 Å². The number of carboxylic acid groups (broad SMARTS) is 1. The van der Waals surface area contributed by atoms with Crippen LogP contribution in [0, 0.1) is 0 Å². The lowest BCUT2D eigenvalue weighted by Gasteiger charge is -2.33. The van der Waals surface area contributed by atoms with Crippen molar-refractivity contribution < 1.29 is 14.7 Å². The highest BCUT2D eigenvalue weighted by Crippen LogP contribution is 2.05. The first-order chi connectivity index (χ1) is 10.1. The number of benzene rings is 1. The molecule has 1 aromatic carbocycles. The third-order valence-corrected chi connectivity index (χ3v) is 3.67. The van der Waals surface area contributed by atoms with Gasteiger partial charge < -0.3 is 20.2 Å². The van der Waals surface area contributed by atoms with Crippen LogP contribution in [0.4, 0.5) is 4.79 Å². The minimum atomic E-state index is -1.01. The van der Waals surface area contributed by atoms with Gasteiger partial charge >= 0.3 is 12.0 Å². The maximum absolute atomic E-state index is 12.1. The molecule has 1 aliphatic heterocycles. The molecule has 114 valence electrons. The largest absolute Gasteiger partial charge is 0.480 e. The summed E-state index contributed by atoms with van der Waals surface area (Å²) in [4.78, 5) is 27.3. The molecule has 2 rings (SSSR count). The predicted octanol–water partition coefficient (Wildman–Crippen LogP) is 0.639. The molecular weight excluding hydrogens is 288 g/mol. The fourth-order valence-electron chi connectivity index (χ4n) is 2.30. The number of hydrogen-bond acceptors (Lipinski definition) is 3. The molecule has 0 aromatic heterocycles. The quantitative estimate of drug-likeness (QED) is 0.856. The van der Waals surface area contributed by atoms with E-state index in [1.165, 1.54) is 0 Å². The van der Waals surface area contributed by atoms with E-state index < -0.39 is 12.0 Å². The lowest BCUT2D eigenvalue weighted by atomic mass is 10.3. The number of amides is 2.